The number of halogens is 1. The van der Waals surface area contributed by atoms with Crippen LogP contribution in [0.1, 0.15) is 39.0 Å². The Kier molecular flexibility index (Phi) is 8.12. The van der Waals surface area contributed by atoms with Crippen molar-refractivity contribution >= 4 is 24.1 Å². The Bertz CT molecular complexity index is 255. The van der Waals surface area contributed by atoms with E-state index in [1.165, 1.54) is 0 Å². The normalized spacial score (nSPS) is 21.2. The molecule has 1 fully saturated rings. The maximum Gasteiger partial charge on any atom is 0.244 e. The van der Waals surface area contributed by atoms with E-state index in [-0.39, 0.29) is 30.1 Å². The highest BCUT2D eigenvalue weighted by Gasteiger charge is 2.31. The molecule has 0 saturated carbocycles. The zero-order valence-corrected chi connectivity index (χ0v) is 11.0. The summed E-state index contributed by atoms with van der Waals surface area (Å²) in [4.78, 5) is 23.6. The Hall–Kier alpha value is -0.650. The highest BCUT2D eigenvalue weighted by atomic mass is 35.5. The van der Waals surface area contributed by atoms with E-state index in [0.29, 0.717) is 6.42 Å². The fourth-order valence-electron chi connectivity index (χ4n) is 2.13. The quantitative estimate of drug-likeness (QED) is 0.292. The van der Waals surface area contributed by atoms with Gasteiger partial charge in [-0.25, -0.2) is 5.84 Å². The van der Waals surface area contributed by atoms with Gasteiger partial charge in [-0.3, -0.25) is 15.0 Å². The fourth-order valence-corrected chi connectivity index (χ4v) is 2.13. The lowest BCUT2D eigenvalue weighted by Crippen LogP contribution is -2.48. The van der Waals surface area contributed by atoms with E-state index in [1.54, 1.807) is 0 Å². The summed E-state index contributed by atoms with van der Waals surface area (Å²) in [6.45, 7) is 2.82. The number of nitrogens with one attached hydrogen (secondary N) is 2. The molecule has 17 heavy (non-hydrogen) atoms. The average Bonchev–Trinajstić information content (AvgIpc) is 2.35. The summed E-state index contributed by atoms with van der Waals surface area (Å²) in [5.74, 6) is 4.13. The van der Waals surface area contributed by atoms with E-state index < -0.39 is 5.92 Å². The summed E-state index contributed by atoms with van der Waals surface area (Å²) >= 11 is 0. The molecule has 0 aliphatic carbocycles. The smallest absolute Gasteiger partial charge is 0.244 e. The third kappa shape index (κ3) is 4.61. The summed E-state index contributed by atoms with van der Waals surface area (Å²) in [5, 5.41) is 3.17. The van der Waals surface area contributed by atoms with Crippen molar-refractivity contribution in [1.29, 1.82) is 0 Å². The van der Waals surface area contributed by atoms with Crippen LogP contribution in [0.15, 0.2) is 0 Å². The molecule has 0 aromatic rings. The Balaban J connectivity index is 0.00000256. The molecule has 1 saturated heterocycles. The maximum atomic E-state index is 12.1. The van der Waals surface area contributed by atoms with Gasteiger partial charge in [0.1, 0.15) is 0 Å². The number of amides is 1. The third-order valence-electron chi connectivity index (χ3n) is 3.03. The highest BCUT2D eigenvalue weighted by Crippen LogP contribution is 2.16. The second kappa shape index (κ2) is 8.44. The van der Waals surface area contributed by atoms with E-state index in [0.717, 1.165) is 32.2 Å². The number of carbonyl (C=O) groups is 2. The van der Waals surface area contributed by atoms with Gasteiger partial charge in [0.05, 0.1) is 12.0 Å². The maximum absolute atomic E-state index is 12.1. The van der Waals surface area contributed by atoms with E-state index in [2.05, 4.69) is 10.7 Å². The zero-order valence-electron chi connectivity index (χ0n) is 10.2. The van der Waals surface area contributed by atoms with Crippen LogP contribution < -0.4 is 16.6 Å². The van der Waals surface area contributed by atoms with Gasteiger partial charge in [-0.2, -0.15) is 0 Å². The van der Waals surface area contributed by atoms with Crippen LogP contribution in [0.25, 0.3) is 0 Å². The molecular formula is C11H22ClN3O2. The van der Waals surface area contributed by atoms with E-state index in [1.807, 2.05) is 6.92 Å². The van der Waals surface area contributed by atoms with Crippen molar-refractivity contribution in [2.24, 2.45) is 11.8 Å². The average molecular weight is 264 g/mol. The summed E-state index contributed by atoms with van der Waals surface area (Å²) in [7, 11) is 0. The predicted molar refractivity (Wildman–Crippen MR) is 68.6 cm³/mol. The van der Waals surface area contributed by atoms with E-state index >= 15 is 0 Å². The first kappa shape index (κ1) is 16.4. The third-order valence-corrected chi connectivity index (χ3v) is 3.03. The largest absolute Gasteiger partial charge is 0.307 e. The van der Waals surface area contributed by atoms with Crippen LogP contribution in [-0.2, 0) is 9.59 Å². The van der Waals surface area contributed by atoms with Crippen molar-refractivity contribution in [3.63, 3.8) is 0 Å². The topological polar surface area (TPSA) is 84.2 Å². The second-order valence-electron chi connectivity index (χ2n) is 4.25. The molecule has 1 heterocycles. The van der Waals surface area contributed by atoms with Crippen molar-refractivity contribution in [3.8, 4) is 0 Å². The van der Waals surface area contributed by atoms with Crippen LogP contribution in [0.2, 0.25) is 0 Å². The van der Waals surface area contributed by atoms with Crippen LogP contribution in [-0.4, -0.2) is 24.3 Å². The predicted octanol–water partition coefficient (Wildman–Crippen LogP) is 0.526. The summed E-state index contributed by atoms with van der Waals surface area (Å²) in [6, 6.07) is -0.164. The van der Waals surface area contributed by atoms with Gasteiger partial charge in [-0.05, 0) is 25.8 Å². The van der Waals surface area contributed by atoms with Gasteiger partial charge < -0.3 is 5.32 Å². The van der Waals surface area contributed by atoms with Gasteiger partial charge in [0.25, 0.3) is 0 Å². The molecule has 1 rings (SSSR count). The SMILES string of the molecule is CCCC(C(=O)NN)C(=O)[C@@H]1CCCCN1.Cl. The lowest BCUT2D eigenvalue weighted by atomic mass is 9.89. The molecule has 2 atom stereocenters. The summed E-state index contributed by atoms with van der Waals surface area (Å²) in [5.41, 5.74) is 2.08. The zero-order chi connectivity index (χ0) is 12.0. The fraction of sp³-hybridized carbons (Fsp3) is 0.818. The van der Waals surface area contributed by atoms with Crippen molar-refractivity contribution in [1.82, 2.24) is 10.7 Å². The number of hydrogen-bond donors (Lipinski definition) is 3. The monoisotopic (exact) mass is 263 g/mol. The number of piperidine rings is 1. The minimum absolute atomic E-state index is 0. The van der Waals surface area contributed by atoms with Crippen LogP contribution in [0.4, 0.5) is 0 Å². The first-order chi connectivity index (χ1) is 7.70. The Morgan fingerprint density at radius 3 is 2.65 bits per heavy atom. The first-order valence-corrected chi connectivity index (χ1v) is 5.98. The van der Waals surface area contributed by atoms with Crippen LogP contribution in [0.3, 0.4) is 0 Å². The molecule has 5 nitrogen and oxygen atoms in total. The lowest BCUT2D eigenvalue weighted by Gasteiger charge is -2.25. The standard InChI is InChI=1S/C11H21N3O2.ClH/c1-2-5-8(11(16)14-12)10(15)9-6-3-4-7-13-9;/h8-9,13H,2-7,12H2,1H3,(H,14,16);1H/t8?,9-;/m0./s1. The van der Waals surface area contributed by atoms with Crippen LogP contribution in [0, 0.1) is 5.92 Å². The minimum Gasteiger partial charge on any atom is -0.307 e. The first-order valence-electron chi connectivity index (χ1n) is 5.98. The van der Waals surface area contributed by atoms with Crippen molar-refractivity contribution in [2.75, 3.05) is 6.54 Å². The van der Waals surface area contributed by atoms with Crippen molar-refractivity contribution < 1.29 is 9.59 Å². The van der Waals surface area contributed by atoms with Gasteiger partial charge in [-0.1, -0.05) is 19.8 Å². The van der Waals surface area contributed by atoms with Crippen molar-refractivity contribution in [2.45, 2.75) is 45.1 Å². The Labute approximate surface area is 108 Å². The number of Topliss-reactive ketones (excluding diaryl/α,β-unsaturated/α-hetero) is 1. The van der Waals surface area contributed by atoms with Crippen LogP contribution in [0.5, 0.6) is 0 Å². The molecule has 100 valence electrons. The van der Waals surface area contributed by atoms with Crippen LogP contribution >= 0.6 is 12.4 Å². The molecule has 0 spiro atoms. The number of hydrazine groups is 1. The van der Waals surface area contributed by atoms with E-state index in [9.17, 15) is 9.59 Å². The number of ketones is 1. The molecule has 1 aliphatic rings. The molecule has 1 unspecified atom stereocenters. The van der Waals surface area contributed by atoms with Crippen molar-refractivity contribution in [3.05, 3.63) is 0 Å². The summed E-state index contributed by atoms with van der Waals surface area (Å²) in [6.07, 6.45) is 4.35. The summed E-state index contributed by atoms with van der Waals surface area (Å²) < 4.78 is 0. The minimum atomic E-state index is -0.592. The molecule has 0 radical (unpaired) electrons. The number of nitrogens with two attached hydrogens (primary N) is 1. The van der Waals surface area contributed by atoms with Gasteiger partial charge in [0, 0.05) is 0 Å². The molecule has 0 aromatic carbocycles. The molecule has 1 amide bonds. The number of hydrogen-bond acceptors (Lipinski definition) is 4. The molecule has 1 aliphatic heterocycles. The molecule has 0 aromatic heterocycles. The van der Waals surface area contributed by atoms with Gasteiger partial charge in [0.2, 0.25) is 5.91 Å². The molecule has 6 heteroatoms. The Morgan fingerprint density at radius 2 is 2.18 bits per heavy atom. The second-order valence-corrected chi connectivity index (χ2v) is 4.25. The number of rotatable bonds is 5. The van der Waals surface area contributed by atoms with Gasteiger partial charge in [-0.15, -0.1) is 12.4 Å². The number of carbonyl (C=O) groups excluding carboxylic acids is 2. The Morgan fingerprint density at radius 1 is 1.47 bits per heavy atom. The van der Waals surface area contributed by atoms with Gasteiger partial charge >= 0.3 is 0 Å². The molecule has 4 N–H and O–H groups in total. The van der Waals surface area contributed by atoms with E-state index in [4.69, 9.17) is 5.84 Å². The molecular weight excluding hydrogens is 242 g/mol. The van der Waals surface area contributed by atoms with Gasteiger partial charge in [0.15, 0.2) is 5.78 Å². The lowest BCUT2D eigenvalue weighted by molar-refractivity contribution is -0.135. The highest BCUT2D eigenvalue weighted by molar-refractivity contribution is 6.03. The molecule has 0 bridgehead atoms.